The van der Waals surface area contributed by atoms with E-state index in [-0.39, 0.29) is 17.8 Å². The molecule has 1 fully saturated rings. The Morgan fingerprint density at radius 3 is 2.39 bits per heavy atom. The van der Waals surface area contributed by atoms with Crippen LogP contribution in [-0.4, -0.2) is 90.1 Å². The summed E-state index contributed by atoms with van der Waals surface area (Å²) in [5.74, 6) is -0.737. The standard InChI is InChI=1S/C34H39N5O5/c1-22(2)39(44-19-18-38-16-14-35-15-17-38)33(41)25-10-12-26(13-11-25)36-31(24-8-6-5-7-9-24)30-28-20-23(3)27(34(42)43-4)21-29(28)37-32(30)40/h5-13,20-22,35,37,40H,14-19H2,1-4H3. The number of H-pyrrole nitrogens is 1. The van der Waals surface area contributed by atoms with Crippen molar-refractivity contribution >= 4 is 34.2 Å². The van der Waals surface area contributed by atoms with Crippen LogP contribution in [-0.2, 0) is 9.57 Å². The Balaban J connectivity index is 1.44. The van der Waals surface area contributed by atoms with Crippen molar-refractivity contribution in [2.24, 2.45) is 4.99 Å². The average Bonchev–Trinajstić information content (AvgIpc) is 3.35. The Morgan fingerprint density at radius 2 is 1.73 bits per heavy atom. The number of ether oxygens (including phenoxy) is 1. The first-order valence-corrected chi connectivity index (χ1v) is 14.8. The number of piperazine rings is 1. The van der Waals surface area contributed by atoms with Crippen LogP contribution < -0.4 is 5.32 Å². The van der Waals surface area contributed by atoms with Crippen LogP contribution in [0.25, 0.3) is 10.9 Å². The maximum Gasteiger partial charge on any atom is 0.338 e. The van der Waals surface area contributed by atoms with Crippen LogP contribution in [0.2, 0.25) is 0 Å². The number of nitrogens with zero attached hydrogens (tertiary/aromatic N) is 3. The molecule has 3 aromatic carbocycles. The lowest BCUT2D eigenvalue weighted by molar-refractivity contribution is -0.145. The summed E-state index contributed by atoms with van der Waals surface area (Å²) >= 11 is 0. The molecule has 3 N–H and O–H groups in total. The van der Waals surface area contributed by atoms with Gasteiger partial charge in [0.25, 0.3) is 5.91 Å². The fraction of sp³-hybridized carbons (Fsp3) is 0.324. The molecule has 1 aliphatic rings. The van der Waals surface area contributed by atoms with Gasteiger partial charge in [0.2, 0.25) is 0 Å². The molecule has 4 aromatic rings. The number of nitrogens with one attached hydrogen (secondary N) is 2. The third-order valence-corrected chi connectivity index (χ3v) is 7.68. The highest BCUT2D eigenvalue weighted by Crippen LogP contribution is 2.33. The highest BCUT2D eigenvalue weighted by atomic mass is 16.7. The highest BCUT2D eigenvalue weighted by Gasteiger charge is 2.23. The molecule has 1 saturated heterocycles. The van der Waals surface area contributed by atoms with Gasteiger partial charge < -0.3 is 20.1 Å². The molecule has 5 rings (SSSR count). The Kier molecular flexibility index (Phi) is 9.74. The summed E-state index contributed by atoms with van der Waals surface area (Å²) in [6.45, 7) is 10.7. The third-order valence-electron chi connectivity index (χ3n) is 7.68. The van der Waals surface area contributed by atoms with Crippen LogP contribution in [0.4, 0.5) is 5.69 Å². The van der Waals surface area contributed by atoms with Crippen molar-refractivity contribution in [3.8, 4) is 5.88 Å². The van der Waals surface area contributed by atoms with E-state index < -0.39 is 5.97 Å². The Morgan fingerprint density at radius 1 is 1.02 bits per heavy atom. The number of hydrogen-bond acceptors (Lipinski definition) is 8. The first-order chi connectivity index (χ1) is 21.3. The van der Waals surface area contributed by atoms with E-state index in [0.29, 0.717) is 51.2 Å². The Labute approximate surface area is 257 Å². The van der Waals surface area contributed by atoms with E-state index >= 15 is 0 Å². The van der Waals surface area contributed by atoms with Crippen molar-refractivity contribution in [1.29, 1.82) is 0 Å². The maximum atomic E-state index is 13.4. The molecule has 0 bridgehead atoms. The summed E-state index contributed by atoms with van der Waals surface area (Å²) in [5, 5.41) is 16.6. The van der Waals surface area contributed by atoms with Gasteiger partial charge in [-0.1, -0.05) is 30.3 Å². The van der Waals surface area contributed by atoms with E-state index in [2.05, 4.69) is 15.2 Å². The van der Waals surface area contributed by atoms with Gasteiger partial charge in [0.15, 0.2) is 5.88 Å². The minimum absolute atomic E-state index is 0.0682. The van der Waals surface area contributed by atoms with Crippen molar-refractivity contribution in [1.82, 2.24) is 20.3 Å². The van der Waals surface area contributed by atoms with Gasteiger partial charge in [0, 0.05) is 54.8 Å². The van der Waals surface area contributed by atoms with Crippen LogP contribution in [0, 0.1) is 6.92 Å². The van der Waals surface area contributed by atoms with Crippen LogP contribution in [0.3, 0.4) is 0 Å². The number of amides is 1. The minimum atomic E-state index is -0.451. The molecule has 1 aromatic heterocycles. The lowest BCUT2D eigenvalue weighted by Gasteiger charge is -2.30. The van der Waals surface area contributed by atoms with Gasteiger partial charge in [-0.2, -0.15) is 0 Å². The van der Waals surface area contributed by atoms with Gasteiger partial charge >= 0.3 is 5.97 Å². The molecule has 10 nitrogen and oxygen atoms in total. The quantitative estimate of drug-likeness (QED) is 0.136. The number of aromatic amines is 1. The molecule has 0 radical (unpaired) electrons. The second kappa shape index (κ2) is 13.9. The topological polar surface area (TPSA) is 119 Å². The molecule has 0 unspecified atom stereocenters. The van der Waals surface area contributed by atoms with E-state index in [1.54, 1.807) is 30.3 Å². The summed E-state index contributed by atoms with van der Waals surface area (Å²) in [6.07, 6.45) is 0. The van der Waals surface area contributed by atoms with Gasteiger partial charge in [0.1, 0.15) is 0 Å². The number of carbonyl (C=O) groups excluding carboxylic acids is 2. The van der Waals surface area contributed by atoms with Gasteiger partial charge in [-0.05, 0) is 62.7 Å². The number of aromatic nitrogens is 1. The molecular formula is C34H39N5O5. The summed E-state index contributed by atoms with van der Waals surface area (Å²) in [6, 6.07) is 20.0. The van der Waals surface area contributed by atoms with Gasteiger partial charge in [0.05, 0.1) is 42.3 Å². The van der Waals surface area contributed by atoms with E-state index in [0.717, 1.165) is 38.3 Å². The molecule has 0 spiro atoms. The normalized spacial score (nSPS) is 14.2. The molecule has 1 amide bonds. The number of esters is 1. The maximum absolute atomic E-state index is 13.4. The van der Waals surface area contributed by atoms with E-state index in [9.17, 15) is 14.7 Å². The molecule has 44 heavy (non-hydrogen) atoms. The molecule has 230 valence electrons. The molecule has 1 aliphatic heterocycles. The number of rotatable bonds is 10. The van der Waals surface area contributed by atoms with Crippen molar-refractivity contribution < 1.29 is 24.3 Å². The van der Waals surface area contributed by atoms with Gasteiger partial charge in [-0.15, -0.1) is 0 Å². The van der Waals surface area contributed by atoms with Crippen LogP contribution in [0.15, 0.2) is 71.7 Å². The van der Waals surface area contributed by atoms with Gasteiger partial charge in [-0.3, -0.25) is 14.5 Å². The molecule has 10 heteroatoms. The zero-order valence-corrected chi connectivity index (χ0v) is 25.6. The number of fused-ring (bicyclic) bond motifs is 1. The lowest BCUT2D eigenvalue weighted by Crippen LogP contribution is -2.46. The monoisotopic (exact) mass is 597 g/mol. The number of methoxy groups -OCH3 is 1. The van der Waals surface area contributed by atoms with Crippen LogP contribution in [0.5, 0.6) is 5.88 Å². The fourth-order valence-corrected chi connectivity index (χ4v) is 5.35. The Bertz CT molecular complexity index is 1640. The second-order valence-electron chi connectivity index (χ2n) is 11.1. The number of aliphatic imine (C=N–C) groups is 1. The number of hydrogen-bond donors (Lipinski definition) is 3. The zero-order chi connectivity index (χ0) is 31.2. The molecular weight excluding hydrogens is 558 g/mol. The summed E-state index contributed by atoms with van der Waals surface area (Å²) in [5.41, 5.74) is 4.64. The molecule has 2 heterocycles. The van der Waals surface area contributed by atoms with Crippen molar-refractivity contribution in [3.05, 3.63) is 94.5 Å². The number of aromatic hydroxyl groups is 1. The summed E-state index contributed by atoms with van der Waals surface area (Å²) < 4.78 is 4.92. The third kappa shape index (κ3) is 6.83. The predicted octanol–water partition coefficient (Wildman–Crippen LogP) is 4.83. The second-order valence-corrected chi connectivity index (χ2v) is 11.1. The minimum Gasteiger partial charge on any atom is -0.494 e. The summed E-state index contributed by atoms with van der Waals surface area (Å²) in [4.78, 5) is 41.9. The van der Waals surface area contributed by atoms with E-state index in [1.807, 2.05) is 57.2 Å². The molecule has 0 atom stereocenters. The summed E-state index contributed by atoms with van der Waals surface area (Å²) in [7, 11) is 1.34. The first-order valence-electron chi connectivity index (χ1n) is 14.8. The van der Waals surface area contributed by atoms with E-state index in [4.69, 9.17) is 14.6 Å². The number of benzene rings is 3. The van der Waals surface area contributed by atoms with Crippen molar-refractivity contribution in [3.63, 3.8) is 0 Å². The smallest absolute Gasteiger partial charge is 0.338 e. The predicted molar refractivity (Wildman–Crippen MR) is 171 cm³/mol. The van der Waals surface area contributed by atoms with Crippen molar-refractivity contribution in [2.75, 3.05) is 46.4 Å². The number of hydroxylamine groups is 2. The molecule has 0 aliphatic carbocycles. The lowest BCUT2D eigenvalue weighted by atomic mass is 9.98. The zero-order valence-electron chi connectivity index (χ0n) is 25.6. The number of aryl methyl sites for hydroxylation is 1. The van der Waals surface area contributed by atoms with Crippen LogP contribution in [0.1, 0.15) is 51.3 Å². The first kappa shape index (κ1) is 30.9. The largest absolute Gasteiger partial charge is 0.494 e. The van der Waals surface area contributed by atoms with E-state index in [1.165, 1.54) is 12.2 Å². The fourth-order valence-electron chi connectivity index (χ4n) is 5.35. The van der Waals surface area contributed by atoms with Crippen LogP contribution >= 0.6 is 0 Å². The van der Waals surface area contributed by atoms with Gasteiger partial charge in [-0.25, -0.2) is 14.9 Å². The average molecular weight is 598 g/mol. The van der Waals surface area contributed by atoms with Crippen molar-refractivity contribution in [2.45, 2.75) is 26.8 Å². The number of carbonyl (C=O) groups is 2. The highest BCUT2D eigenvalue weighted by molar-refractivity contribution is 6.22. The Hall–Kier alpha value is -4.51. The SMILES string of the molecule is COC(=O)c1cc2[nH]c(O)c(C(=Nc3ccc(C(=O)N(OCCN4CCNCC4)C(C)C)cc3)c3ccccc3)c2cc1C. The molecule has 0 saturated carbocycles.